The monoisotopic (exact) mass is 302 g/mol. The summed E-state index contributed by atoms with van der Waals surface area (Å²) in [6, 6.07) is 7.18. The van der Waals surface area contributed by atoms with Crippen molar-refractivity contribution in [3.8, 4) is 0 Å². The maximum absolute atomic E-state index is 13.6. The number of halogens is 5. The van der Waals surface area contributed by atoms with E-state index in [1.54, 1.807) is 0 Å². The lowest BCUT2D eigenvalue weighted by atomic mass is 10.0. The van der Waals surface area contributed by atoms with E-state index in [2.05, 4.69) is 0 Å². The molecule has 2 aromatic rings. The van der Waals surface area contributed by atoms with Crippen LogP contribution in [0.15, 0.2) is 42.5 Å². The van der Waals surface area contributed by atoms with Crippen molar-refractivity contribution in [2.24, 2.45) is 0 Å². The summed E-state index contributed by atoms with van der Waals surface area (Å²) in [6.07, 6.45) is -4.64. The first-order chi connectivity index (χ1) is 9.29. The van der Waals surface area contributed by atoms with Gasteiger partial charge in [0.25, 0.3) is 0 Å². The highest BCUT2D eigenvalue weighted by molar-refractivity contribution is 6.30. The van der Waals surface area contributed by atoms with Crippen molar-refractivity contribution < 1.29 is 22.4 Å². The fourth-order valence-electron chi connectivity index (χ4n) is 1.63. The van der Waals surface area contributed by atoms with Crippen LogP contribution in [0.2, 0.25) is 5.02 Å². The summed E-state index contributed by atoms with van der Waals surface area (Å²) in [6.45, 7) is 0. The van der Waals surface area contributed by atoms with Crippen LogP contribution >= 0.6 is 11.6 Å². The van der Waals surface area contributed by atoms with Gasteiger partial charge in [0.05, 0.1) is 11.1 Å². The van der Waals surface area contributed by atoms with E-state index in [9.17, 15) is 22.4 Å². The van der Waals surface area contributed by atoms with E-state index >= 15 is 0 Å². The number of alkyl halides is 3. The molecular weight excluding hydrogens is 296 g/mol. The lowest BCUT2D eigenvalue weighted by molar-refractivity contribution is -0.137. The van der Waals surface area contributed by atoms with Crippen molar-refractivity contribution in [1.29, 1.82) is 0 Å². The number of benzene rings is 2. The van der Waals surface area contributed by atoms with Gasteiger partial charge in [-0.2, -0.15) is 13.2 Å². The molecule has 0 radical (unpaired) electrons. The van der Waals surface area contributed by atoms with Crippen LogP contribution in [0, 0.1) is 5.82 Å². The van der Waals surface area contributed by atoms with Crippen molar-refractivity contribution in [3.05, 3.63) is 70.0 Å². The van der Waals surface area contributed by atoms with Gasteiger partial charge >= 0.3 is 6.18 Å². The van der Waals surface area contributed by atoms with Gasteiger partial charge in [-0.15, -0.1) is 0 Å². The number of carbonyl (C=O) groups excluding carboxylic acids is 1. The predicted octanol–water partition coefficient (Wildman–Crippen LogP) is 4.73. The maximum Gasteiger partial charge on any atom is 0.416 e. The smallest absolute Gasteiger partial charge is 0.288 e. The Morgan fingerprint density at radius 1 is 1.00 bits per heavy atom. The molecule has 0 aromatic heterocycles. The SMILES string of the molecule is O=C(c1ccc(Cl)cc1)c1cc(C(F)(F)F)ccc1F. The second-order valence-corrected chi connectivity index (χ2v) is 4.46. The molecule has 0 saturated carbocycles. The molecule has 0 atom stereocenters. The lowest BCUT2D eigenvalue weighted by Crippen LogP contribution is -2.10. The van der Waals surface area contributed by atoms with E-state index in [1.165, 1.54) is 24.3 Å². The van der Waals surface area contributed by atoms with E-state index in [4.69, 9.17) is 11.6 Å². The first kappa shape index (κ1) is 14.5. The van der Waals surface area contributed by atoms with Crippen LogP contribution in [0.5, 0.6) is 0 Å². The number of carbonyl (C=O) groups is 1. The molecule has 104 valence electrons. The van der Waals surface area contributed by atoms with E-state index < -0.39 is 28.9 Å². The third kappa shape index (κ3) is 2.99. The molecule has 0 amide bonds. The number of hydrogen-bond acceptors (Lipinski definition) is 1. The Kier molecular flexibility index (Phi) is 3.81. The Balaban J connectivity index is 2.46. The highest BCUT2D eigenvalue weighted by Gasteiger charge is 2.32. The second kappa shape index (κ2) is 5.25. The van der Waals surface area contributed by atoms with E-state index in [0.29, 0.717) is 23.2 Å². The first-order valence-corrected chi connectivity index (χ1v) is 5.84. The molecule has 0 unspecified atom stereocenters. The molecule has 0 fully saturated rings. The fourth-order valence-corrected chi connectivity index (χ4v) is 1.76. The molecule has 0 aliphatic rings. The van der Waals surface area contributed by atoms with Gasteiger partial charge in [0.2, 0.25) is 0 Å². The molecule has 2 aromatic carbocycles. The van der Waals surface area contributed by atoms with Crippen molar-refractivity contribution in [2.45, 2.75) is 6.18 Å². The number of ketones is 1. The van der Waals surface area contributed by atoms with Crippen molar-refractivity contribution in [2.75, 3.05) is 0 Å². The van der Waals surface area contributed by atoms with E-state index in [1.807, 2.05) is 0 Å². The molecule has 0 heterocycles. The minimum atomic E-state index is -4.64. The fraction of sp³-hybridized carbons (Fsp3) is 0.0714. The van der Waals surface area contributed by atoms with Gasteiger partial charge < -0.3 is 0 Å². The zero-order valence-corrected chi connectivity index (χ0v) is 10.6. The van der Waals surface area contributed by atoms with Gasteiger partial charge in [-0.25, -0.2) is 4.39 Å². The van der Waals surface area contributed by atoms with Crippen LogP contribution in [0.3, 0.4) is 0 Å². The molecule has 0 aliphatic heterocycles. The average Bonchev–Trinajstić information content (AvgIpc) is 2.38. The summed E-state index contributed by atoms with van der Waals surface area (Å²) < 4.78 is 51.3. The van der Waals surface area contributed by atoms with Crippen LogP contribution in [0.25, 0.3) is 0 Å². The molecule has 0 saturated heterocycles. The predicted molar refractivity (Wildman–Crippen MR) is 66.3 cm³/mol. The summed E-state index contributed by atoms with van der Waals surface area (Å²) >= 11 is 5.64. The zero-order chi connectivity index (χ0) is 14.9. The Hall–Kier alpha value is -1.88. The van der Waals surface area contributed by atoms with Crippen LogP contribution in [-0.2, 0) is 6.18 Å². The number of rotatable bonds is 2. The minimum Gasteiger partial charge on any atom is -0.288 e. The zero-order valence-electron chi connectivity index (χ0n) is 9.84. The molecule has 2 rings (SSSR count). The molecular formula is C14H7ClF4O. The average molecular weight is 303 g/mol. The van der Waals surface area contributed by atoms with Crippen molar-refractivity contribution in [1.82, 2.24) is 0 Å². The van der Waals surface area contributed by atoms with Gasteiger partial charge in [-0.3, -0.25) is 4.79 Å². The molecule has 20 heavy (non-hydrogen) atoms. The first-order valence-electron chi connectivity index (χ1n) is 5.46. The van der Waals surface area contributed by atoms with Crippen LogP contribution < -0.4 is 0 Å². The molecule has 0 N–H and O–H groups in total. The van der Waals surface area contributed by atoms with E-state index in [-0.39, 0.29) is 5.56 Å². The van der Waals surface area contributed by atoms with Crippen LogP contribution in [-0.4, -0.2) is 5.78 Å². The molecule has 0 bridgehead atoms. The normalized spacial score (nSPS) is 11.4. The van der Waals surface area contributed by atoms with Gasteiger partial charge in [0, 0.05) is 10.6 Å². The van der Waals surface area contributed by atoms with Crippen LogP contribution in [0.4, 0.5) is 17.6 Å². The summed E-state index contributed by atoms with van der Waals surface area (Å²) in [5, 5.41) is 0.367. The van der Waals surface area contributed by atoms with Crippen molar-refractivity contribution >= 4 is 17.4 Å². The quantitative estimate of drug-likeness (QED) is 0.579. The topological polar surface area (TPSA) is 17.1 Å². The van der Waals surface area contributed by atoms with Gasteiger partial charge in [-0.1, -0.05) is 11.6 Å². The molecule has 0 spiro atoms. The molecule has 6 heteroatoms. The minimum absolute atomic E-state index is 0.0626. The van der Waals surface area contributed by atoms with Gasteiger partial charge in [-0.05, 0) is 42.5 Å². The highest BCUT2D eigenvalue weighted by Crippen LogP contribution is 2.31. The van der Waals surface area contributed by atoms with Crippen molar-refractivity contribution in [3.63, 3.8) is 0 Å². The Bertz CT molecular complexity index is 647. The third-order valence-corrected chi connectivity index (χ3v) is 2.90. The maximum atomic E-state index is 13.6. The second-order valence-electron chi connectivity index (χ2n) is 4.03. The summed E-state index contributed by atoms with van der Waals surface area (Å²) in [7, 11) is 0. The Morgan fingerprint density at radius 2 is 1.60 bits per heavy atom. The lowest BCUT2D eigenvalue weighted by Gasteiger charge is -2.09. The number of hydrogen-bond donors (Lipinski definition) is 0. The molecule has 0 aliphatic carbocycles. The van der Waals surface area contributed by atoms with Gasteiger partial charge in [0.15, 0.2) is 5.78 Å². The standard InChI is InChI=1S/C14H7ClF4O/c15-10-4-1-8(2-5-10)13(20)11-7-9(14(17,18)19)3-6-12(11)16/h1-7H. The van der Waals surface area contributed by atoms with Gasteiger partial charge in [0.1, 0.15) is 5.82 Å². The largest absolute Gasteiger partial charge is 0.416 e. The highest BCUT2D eigenvalue weighted by atomic mass is 35.5. The van der Waals surface area contributed by atoms with E-state index in [0.717, 1.165) is 0 Å². The van der Waals surface area contributed by atoms with Crippen LogP contribution in [0.1, 0.15) is 21.5 Å². The Morgan fingerprint density at radius 3 is 2.15 bits per heavy atom. The summed E-state index contributed by atoms with van der Waals surface area (Å²) in [5.74, 6) is -1.83. The Labute approximate surface area is 116 Å². The summed E-state index contributed by atoms with van der Waals surface area (Å²) in [4.78, 5) is 12.0. The molecule has 1 nitrogen and oxygen atoms in total. The third-order valence-electron chi connectivity index (χ3n) is 2.64. The summed E-state index contributed by atoms with van der Waals surface area (Å²) in [5.41, 5.74) is -1.63.